The summed E-state index contributed by atoms with van der Waals surface area (Å²) < 4.78 is 5.29. The number of anilines is 2. The largest absolute Gasteiger partial charge is 0.482 e. The summed E-state index contributed by atoms with van der Waals surface area (Å²) in [5.41, 5.74) is 1.97. The SMILES string of the molecule is O=C1COc2ccc(NC(=O)c3ccc4ccc(Cl)cc4n3)cc2N1. The molecule has 0 spiro atoms. The Labute approximate surface area is 147 Å². The first-order valence-corrected chi connectivity index (χ1v) is 7.91. The molecule has 3 aromatic rings. The van der Waals surface area contributed by atoms with Crippen molar-refractivity contribution in [1.29, 1.82) is 0 Å². The molecule has 124 valence electrons. The van der Waals surface area contributed by atoms with Gasteiger partial charge in [0.25, 0.3) is 11.8 Å². The Morgan fingerprint density at radius 1 is 1.16 bits per heavy atom. The van der Waals surface area contributed by atoms with E-state index >= 15 is 0 Å². The fraction of sp³-hybridized carbons (Fsp3) is 0.0556. The third-order valence-electron chi connectivity index (χ3n) is 3.76. The van der Waals surface area contributed by atoms with Crippen LogP contribution in [0.25, 0.3) is 10.9 Å². The third-order valence-corrected chi connectivity index (χ3v) is 3.99. The first kappa shape index (κ1) is 15.4. The van der Waals surface area contributed by atoms with Crippen LogP contribution in [0.5, 0.6) is 5.75 Å². The molecule has 1 aliphatic heterocycles. The molecule has 0 atom stereocenters. The van der Waals surface area contributed by atoms with Crippen LogP contribution >= 0.6 is 11.6 Å². The van der Waals surface area contributed by atoms with Gasteiger partial charge in [-0.3, -0.25) is 9.59 Å². The number of pyridine rings is 1. The Hall–Kier alpha value is -3.12. The molecule has 1 aromatic heterocycles. The summed E-state index contributed by atoms with van der Waals surface area (Å²) in [5.74, 6) is -0.0231. The van der Waals surface area contributed by atoms with Crippen LogP contribution in [0.2, 0.25) is 5.02 Å². The number of carbonyl (C=O) groups excluding carboxylic acids is 2. The first-order chi connectivity index (χ1) is 12.1. The summed E-state index contributed by atoms with van der Waals surface area (Å²) in [7, 11) is 0. The van der Waals surface area contributed by atoms with Crippen molar-refractivity contribution in [3.8, 4) is 5.75 Å². The summed E-state index contributed by atoms with van der Waals surface area (Å²) in [5, 5.41) is 6.92. The van der Waals surface area contributed by atoms with Crippen LogP contribution in [0.1, 0.15) is 10.5 Å². The topological polar surface area (TPSA) is 80.3 Å². The number of carbonyl (C=O) groups is 2. The lowest BCUT2D eigenvalue weighted by atomic mass is 10.2. The summed E-state index contributed by atoms with van der Waals surface area (Å²) in [6.45, 7) is -0.0116. The van der Waals surface area contributed by atoms with Gasteiger partial charge in [-0.15, -0.1) is 0 Å². The Morgan fingerprint density at radius 2 is 2.00 bits per heavy atom. The van der Waals surface area contributed by atoms with Gasteiger partial charge in [0.05, 0.1) is 11.2 Å². The number of benzene rings is 2. The van der Waals surface area contributed by atoms with Gasteiger partial charge in [-0.2, -0.15) is 0 Å². The standard InChI is InChI=1S/C18H12ClN3O3/c19-11-3-1-10-2-5-13(21-14(10)7-11)18(24)20-12-4-6-16-15(8-12)22-17(23)9-25-16/h1-8H,9H2,(H,20,24)(H,22,23). The Kier molecular flexibility index (Phi) is 3.74. The van der Waals surface area contributed by atoms with E-state index in [4.69, 9.17) is 16.3 Å². The Bertz CT molecular complexity index is 1020. The fourth-order valence-electron chi connectivity index (χ4n) is 2.57. The molecule has 2 heterocycles. The Balaban J connectivity index is 1.59. The van der Waals surface area contributed by atoms with Crippen LogP contribution in [-0.4, -0.2) is 23.4 Å². The zero-order valence-corrected chi connectivity index (χ0v) is 13.6. The van der Waals surface area contributed by atoms with Crippen molar-refractivity contribution >= 4 is 45.7 Å². The molecule has 2 aromatic carbocycles. The molecular formula is C18H12ClN3O3. The normalized spacial score (nSPS) is 12.9. The van der Waals surface area contributed by atoms with E-state index in [0.717, 1.165) is 5.39 Å². The number of nitrogens with zero attached hydrogens (tertiary/aromatic N) is 1. The van der Waals surface area contributed by atoms with Crippen molar-refractivity contribution < 1.29 is 14.3 Å². The van der Waals surface area contributed by atoms with E-state index in [1.54, 1.807) is 36.4 Å². The minimum Gasteiger partial charge on any atom is -0.482 e. The number of hydrogen-bond donors (Lipinski definition) is 2. The fourth-order valence-corrected chi connectivity index (χ4v) is 2.74. The first-order valence-electron chi connectivity index (χ1n) is 7.53. The van der Waals surface area contributed by atoms with Gasteiger partial charge in [-0.05, 0) is 36.4 Å². The van der Waals surface area contributed by atoms with E-state index < -0.39 is 0 Å². The van der Waals surface area contributed by atoms with Crippen LogP contribution in [0, 0.1) is 0 Å². The molecule has 25 heavy (non-hydrogen) atoms. The van der Waals surface area contributed by atoms with E-state index in [1.807, 2.05) is 12.1 Å². The van der Waals surface area contributed by atoms with E-state index in [-0.39, 0.29) is 24.1 Å². The molecule has 0 saturated heterocycles. The van der Waals surface area contributed by atoms with Crippen molar-refractivity contribution in [2.45, 2.75) is 0 Å². The number of hydrogen-bond acceptors (Lipinski definition) is 4. The van der Waals surface area contributed by atoms with Crippen molar-refractivity contribution in [2.24, 2.45) is 0 Å². The van der Waals surface area contributed by atoms with Crippen LogP contribution in [-0.2, 0) is 4.79 Å². The second-order valence-electron chi connectivity index (χ2n) is 5.54. The molecule has 2 amide bonds. The van der Waals surface area contributed by atoms with Crippen LogP contribution in [0.15, 0.2) is 48.5 Å². The highest BCUT2D eigenvalue weighted by Gasteiger charge is 2.17. The van der Waals surface area contributed by atoms with Gasteiger partial charge >= 0.3 is 0 Å². The monoisotopic (exact) mass is 353 g/mol. The van der Waals surface area contributed by atoms with Gasteiger partial charge in [0.1, 0.15) is 11.4 Å². The van der Waals surface area contributed by atoms with Crippen molar-refractivity contribution in [3.63, 3.8) is 0 Å². The predicted octanol–water partition coefficient (Wildman–Crippen LogP) is 3.47. The molecule has 0 saturated carbocycles. The molecule has 1 aliphatic rings. The maximum atomic E-state index is 12.4. The molecule has 0 bridgehead atoms. The lowest BCUT2D eigenvalue weighted by Gasteiger charge is -2.18. The van der Waals surface area contributed by atoms with Gasteiger partial charge in [0.2, 0.25) is 0 Å². The summed E-state index contributed by atoms with van der Waals surface area (Å²) in [6.07, 6.45) is 0. The van der Waals surface area contributed by atoms with Crippen molar-refractivity contribution in [3.05, 3.63) is 59.2 Å². The van der Waals surface area contributed by atoms with E-state index in [9.17, 15) is 9.59 Å². The Morgan fingerprint density at radius 3 is 2.88 bits per heavy atom. The number of rotatable bonds is 2. The number of nitrogens with one attached hydrogen (secondary N) is 2. The minimum absolute atomic E-state index is 0.0116. The van der Waals surface area contributed by atoms with Gasteiger partial charge in [0, 0.05) is 16.1 Å². The molecule has 6 nitrogen and oxygen atoms in total. The summed E-state index contributed by atoms with van der Waals surface area (Å²) in [6, 6.07) is 13.8. The molecule has 0 fully saturated rings. The quantitative estimate of drug-likeness (QED) is 0.739. The second kappa shape index (κ2) is 6.07. The third kappa shape index (κ3) is 3.12. The van der Waals surface area contributed by atoms with Crippen LogP contribution < -0.4 is 15.4 Å². The molecule has 0 unspecified atom stereocenters. The number of amides is 2. The zero-order valence-electron chi connectivity index (χ0n) is 12.9. The average molecular weight is 354 g/mol. The highest BCUT2D eigenvalue weighted by molar-refractivity contribution is 6.31. The number of fused-ring (bicyclic) bond motifs is 2. The highest BCUT2D eigenvalue weighted by Crippen LogP contribution is 2.30. The molecule has 7 heteroatoms. The van der Waals surface area contributed by atoms with Gasteiger partial charge in [0.15, 0.2) is 6.61 Å². The number of halogens is 1. The number of aromatic nitrogens is 1. The van der Waals surface area contributed by atoms with E-state index in [1.165, 1.54) is 0 Å². The molecule has 0 aliphatic carbocycles. The van der Waals surface area contributed by atoms with Crippen molar-refractivity contribution in [1.82, 2.24) is 4.98 Å². The lowest BCUT2D eigenvalue weighted by molar-refractivity contribution is -0.118. The summed E-state index contributed by atoms with van der Waals surface area (Å²) in [4.78, 5) is 28.2. The molecule has 2 N–H and O–H groups in total. The molecule has 0 radical (unpaired) electrons. The lowest BCUT2D eigenvalue weighted by Crippen LogP contribution is -2.25. The van der Waals surface area contributed by atoms with Gasteiger partial charge in [-0.25, -0.2) is 4.98 Å². The van der Waals surface area contributed by atoms with E-state index in [2.05, 4.69) is 15.6 Å². The van der Waals surface area contributed by atoms with Crippen LogP contribution in [0.4, 0.5) is 11.4 Å². The van der Waals surface area contributed by atoms with Crippen LogP contribution in [0.3, 0.4) is 0 Å². The maximum Gasteiger partial charge on any atom is 0.274 e. The molecular weight excluding hydrogens is 342 g/mol. The van der Waals surface area contributed by atoms with E-state index in [0.29, 0.717) is 27.7 Å². The zero-order chi connectivity index (χ0) is 17.4. The van der Waals surface area contributed by atoms with Gasteiger partial charge < -0.3 is 15.4 Å². The number of ether oxygens (including phenoxy) is 1. The smallest absolute Gasteiger partial charge is 0.274 e. The maximum absolute atomic E-state index is 12.4. The van der Waals surface area contributed by atoms with Crippen molar-refractivity contribution in [2.75, 3.05) is 17.2 Å². The highest BCUT2D eigenvalue weighted by atomic mass is 35.5. The van der Waals surface area contributed by atoms with Gasteiger partial charge in [-0.1, -0.05) is 23.7 Å². The summed E-state index contributed by atoms with van der Waals surface area (Å²) >= 11 is 5.97. The second-order valence-corrected chi connectivity index (χ2v) is 5.97. The predicted molar refractivity (Wildman–Crippen MR) is 95.3 cm³/mol. The average Bonchev–Trinajstić information content (AvgIpc) is 2.60. The minimum atomic E-state index is -0.357. The molecule has 4 rings (SSSR count).